The van der Waals surface area contributed by atoms with Crippen LogP contribution >= 0.6 is 36.6 Å². The summed E-state index contributed by atoms with van der Waals surface area (Å²) in [5, 5.41) is 2.61. The van der Waals surface area contributed by atoms with Crippen LogP contribution in [0.15, 0.2) is 14.5 Å². The molecule has 3 nitrogen and oxygen atoms in total. The van der Waals surface area contributed by atoms with Crippen molar-refractivity contribution in [3.8, 4) is 0 Å². The summed E-state index contributed by atoms with van der Waals surface area (Å²) in [7, 11) is 0. The van der Waals surface area contributed by atoms with Crippen LogP contribution in [0.1, 0.15) is 20.8 Å². The van der Waals surface area contributed by atoms with Gasteiger partial charge in [-0.3, -0.25) is 5.32 Å². The molecule has 0 spiro atoms. The highest BCUT2D eigenvalue weighted by atomic mass is 32.2. The Labute approximate surface area is 104 Å². The third-order valence-electron chi connectivity index (χ3n) is 1.34. The van der Waals surface area contributed by atoms with Crippen LogP contribution in [0.25, 0.3) is 0 Å². The summed E-state index contributed by atoms with van der Waals surface area (Å²) in [6.45, 7) is 5.43. The van der Waals surface area contributed by atoms with Crippen LogP contribution in [-0.4, -0.2) is 11.7 Å². The Morgan fingerprint density at radius 3 is 2.47 bits per heavy atom. The zero-order chi connectivity index (χ0) is 11.6. The van der Waals surface area contributed by atoms with Crippen LogP contribution in [0.4, 0.5) is 10.5 Å². The summed E-state index contributed by atoms with van der Waals surface area (Å²) in [5.41, 5.74) is 0.128. The molecule has 1 amide bonds. The van der Waals surface area contributed by atoms with Crippen molar-refractivity contribution >= 4 is 48.4 Å². The van der Waals surface area contributed by atoms with E-state index >= 15 is 0 Å². The van der Waals surface area contributed by atoms with E-state index < -0.39 is 11.7 Å². The third-order valence-corrected chi connectivity index (χ3v) is 2.99. The van der Waals surface area contributed by atoms with Crippen molar-refractivity contribution in [2.24, 2.45) is 0 Å². The van der Waals surface area contributed by atoms with Gasteiger partial charge in [0, 0.05) is 0 Å². The molecule has 0 saturated heterocycles. The number of hydrogen-bond donors (Lipinski definition) is 3. The average Bonchev–Trinajstić information content (AvgIpc) is 2.25. The number of thiophene rings is 1. The van der Waals surface area contributed by atoms with E-state index in [1.807, 2.05) is 20.8 Å². The molecule has 0 unspecified atom stereocenters. The Bertz CT molecular complexity index is 368. The smallest absolute Gasteiger partial charge is 0.412 e. The maximum atomic E-state index is 11.4. The minimum atomic E-state index is -0.499. The van der Waals surface area contributed by atoms with Crippen LogP contribution in [0.2, 0.25) is 0 Å². The summed E-state index contributed by atoms with van der Waals surface area (Å²) in [4.78, 5) is 11.4. The van der Waals surface area contributed by atoms with Gasteiger partial charge in [-0.15, -0.1) is 36.6 Å². The average molecular weight is 263 g/mol. The second-order valence-electron chi connectivity index (χ2n) is 3.93. The molecule has 1 N–H and O–H groups in total. The van der Waals surface area contributed by atoms with Gasteiger partial charge in [0.2, 0.25) is 0 Å². The van der Waals surface area contributed by atoms with Gasteiger partial charge < -0.3 is 4.74 Å². The molecule has 0 aliphatic heterocycles. The molecule has 6 heteroatoms. The van der Waals surface area contributed by atoms with Crippen molar-refractivity contribution in [3.05, 3.63) is 6.07 Å². The molecule has 0 bridgehead atoms. The number of rotatable bonds is 1. The van der Waals surface area contributed by atoms with E-state index in [-0.39, 0.29) is 0 Å². The lowest BCUT2D eigenvalue weighted by Crippen LogP contribution is -2.27. The van der Waals surface area contributed by atoms with Crippen molar-refractivity contribution < 1.29 is 9.53 Å². The van der Waals surface area contributed by atoms with Gasteiger partial charge in [-0.2, -0.15) is 0 Å². The van der Waals surface area contributed by atoms with Gasteiger partial charge in [-0.1, -0.05) is 0 Å². The predicted molar refractivity (Wildman–Crippen MR) is 68.7 cm³/mol. The Kier molecular flexibility index (Phi) is 3.97. The van der Waals surface area contributed by atoms with Crippen molar-refractivity contribution in [1.82, 2.24) is 0 Å². The summed E-state index contributed by atoms with van der Waals surface area (Å²) in [5.74, 6) is 0. The van der Waals surface area contributed by atoms with Crippen LogP contribution in [-0.2, 0) is 4.74 Å². The topological polar surface area (TPSA) is 38.3 Å². The highest BCUT2D eigenvalue weighted by Crippen LogP contribution is 2.32. The van der Waals surface area contributed by atoms with Gasteiger partial charge in [0.25, 0.3) is 0 Å². The van der Waals surface area contributed by atoms with Crippen LogP contribution in [0, 0.1) is 0 Å². The molecule has 1 heterocycles. The summed E-state index contributed by atoms with van der Waals surface area (Å²) < 4.78 is 6.61. The lowest BCUT2D eigenvalue weighted by Gasteiger charge is -2.19. The fourth-order valence-electron chi connectivity index (χ4n) is 0.872. The number of ether oxygens (including phenoxy) is 1. The second kappa shape index (κ2) is 4.67. The first-order valence-electron chi connectivity index (χ1n) is 4.30. The summed E-state index contributed by atoms with van der Waals surface area (Å²) in [6.07, 6.45) is -0.482. The lowest BCUT2D eigenvalue weighted by molar-refractivity contribution is 0.0635. The Morgan fingerprint density at radius 2 is 2.07 bits per heavy atom. The molecule has 0 atom stereocenters. The fourth-order valence-corrected chi connectivity index (χ4v) is 2.50. The van der Waals surface area contributed by atoms with Gasteiger partial charge in [-0.25, -0.2) is 4.79 Å². The quantitative estimate of drug-likeness (QED) is 0.676. The Hall–Kier alpha value is -0.330. The number of carbonyl (C=O) groups is 1. The first-order valence-corrected chi connectivity index (χ1v) is 6.01. The normalized spacial score (nSPS) is 11.3. The number of nitrogens with one attached hydrogen (secondary N) is 1. The molecular weight excluding hydrogens is 250 g/mol. The number of thiol groups is 2. The van der Waals surface area contributed by atoms with E-state index in [2.05, 4.69) is 30.6 Å². The molecule has 1 rings (SSSR count). The van der Waals surface area contributed by atoms with Crippen molar-refractivity contribution in [3.63, 3.8) is 0 Å². The Morgan fingerprint density at radius 1 is 1.47 bits per heavy atom. The van der Waals surface area contributed by atoms with Gasteiger partial charge in [-0.05, 0) is 26.8 Å². The number of amides is 1. The molecule has 1 aromatic rings. The molecule has 0 saturated carbocycles. The maximum Gasteiger partial charge on any atom is 0.412 e. The van der Waals surface area contributed by atoms with E-state index in [9.17, 15) is 4.79 Å². The lowest BCUT2D eigenvalue weighted by atomic mass is 10.2. The van der Waals surface area contributed by atoms with Crippen LogP contribution < -0.4 is 5.32 Å². The molecule has 84 valence electrons. The van der Waals surface area contributed by atoms with Gasteiger partial charge in [0.05, 0.1) is 14.1 Å². The number of hydrogen-bond acceptors (Lipinski definition) is 5. The van der Waals surface area contributed by atoms with E-state index in [4.69, 9.17) is 4.74 Å². The highest BCUT2D eigenvalue weighted by molar-refractivity contribution is 7.86. The molecule has 0 aromatic carbocycles. The fraction of sp³-hybridized carbons (Fsp3) is 0.444. The molecular formula is C9H13NO2S3. The maximum absolute atomic E-state index is 11.4. The molecule has 0 aliphatic rings. The van der Waals surface area contributed by atoms with E-state index in [1.54, 1.807) is 6.07 Å². The van der Waals surface area contributed by atoms with E-state index in [0.29, 0.717) is 9.90 Å². The van der Waals surface area contributed by atoms with Crippen molar-refractivity contribution in [1.29, 1.82) is 0 Å². The SMILES string of the molecule is CC(C)(C)OC(=O)Nc1cc(S)sc1S. The zero-order valence-corrected chi connectivity index (χ0v) is 11.3. The number of carbonyl (C=O) groups excluding carboxylic acids is 1. The summed E-state index contributed by atoms with van der Waals surface area (Å²) in [6, 6.07) is 1.74. The number of anilines is 1. The first kappa shape index (κ1) is 12.7. The predicted octanol–water partition coefficient (Wildman–Crippen LogP) is 3.67. The molecule has 15 heavy (non-hydrogen) atoms. The monoisotopic (exact) mass is 263 g/mol. The second-order valence-corrected chi connectivity index (χ2v) is 6.52. The van der Waals surface area contributed by atoms with Gasteiger partial charge in [0.15, 0.2) is 0 Å². The minimum Gasteiger partial charge on any atom is -0.444 e. The van der Waals surface area contributed by atoms with Crippen LogP contribution in [0.5, 0.6) is 0 Å². The summed E-state index contributed by atoms with van der Waals surface area (Å²) >= 11 is 9.75. The Balaban J connectivity index is 2.63. The van der Waals surface area contributed by atoms with E-state index in [1.165, 1.54) is 11.3 Å². The van der Waals surface area contributed by atoms with Crippen LogP contribution in [0.3, 0.4) is 0 Å². The first-order chi connectivity index (χ1) is 6.78. The third kappa shape index (κ3) is 4.36. The standard InChI is InChI=1S/C9H13NO2S3/c1-9(2,3)12-8(11)10-5-4-6(13)15-7(5)14/h4,13-14H,1-3H3,(H,10,11). The van der Waals surface area contributed by atoms with Gasteiger partial charge >= 0.3 is 6.09 Å². The minimum absolute atomic E-state index is 0.482. The molecule has 0 radical (unpaired) electrons. The largest absolute Gasteiger partial charge is 0.444 e. The van der Waals surface area contributed by atoms with Crippen molar-refractivity contribution in [2.45, 2.75) is 34.8 Å². The molecule has 1 aromatic heterocycles. The highest BCUT2D eigenvalue weighted by Gasteiger charge is 2.17. The molecule has 0 fully saturated rings. The zero-order valence-electron chi connectivity index (χ0n) is 8.70. The van der Waals surface area contributed by atoms with E-state index in [0.717, 1.165) is 4.21 Å². The van der Waals surface area contributed by atoms with Gasteiger partial charge in [0.1, 0.15) is 5.60 Å². The van der Waals surface area contributed by atoms with Crippen molar-refractivity contribution in [2.75, 3.05) is 5.32 Å². The molecule has 0 aliphatic carbocycles.